The molecule has 1 N–H and O–H groups in total. The van der Waals surface area contributed by atoms with E-state index in [0.717, 1.165) is 13.0 Å². The van der Waals surface area contributed by atoms with Gasteiger partial charge in [-0.15, -0.1) is 0 Å². The molecule has 1 atom stereocenters. The molecule has 1 aromatic carbocycles. The minimum absolute atomic E-state index is 0.137. The molecule has 0 aliphatic carbocycles. The highest BCUT2D eigenvalue weighted by Gasteiger charge is 2.28. The largest absolute Gasteiger partial charge is 0.288 e. The monoisotopic (exact) mass is 204 g/mol. The van der Waals surface area contributed by atoms with Gasteiger partial charge in [-0.1, -0.05) is 37.3 Å². The number of hydrogen-bond donors (Lipinski definition) is 1. The molecule has 1 aliphatic heterocycles. The summed E-state index contributed by atoms with van der Waals surface area (Å²) in [6.45, 7) is 2.91. The Bertz CT molecular complexity index is 337. The predicted molar refractivity (Wildman–Crippen MR) is 58.8 cm³/mol. The van der Waals surface area contributed by atoms with Crippen LogP contribution >= 0.6 is 0 Å². The average Bonchev–Trinajstić information content (AvgIpc) is 2.60. The van der Waals surface area contributed by atoms with Crippen molar-refractivity contribution in [2.75, 3.05) is 0 Å². The van der Waals surface area contributed by atoms with E-state index < -0.39 is 0 Å². The maximum Gasteiger partial charge on any atom is 0.235 e. The third kappa shape index (κ3) is 2.36. The van der Waals surface area contributed by atoms with Gasteiger partial charge >= 0.3 is 0 Å². The van der Waals surface area contributed by atoms with Crippen LogP contribution in [0, 0.1) is 0 Å². The molecular formula is C12H16N2O. The normalized spacial score (nSPS) is 21.7. The topological polar surface area (TPSA) is 32.3 Å². The van der Waals surface area contributed by atoms with Crippen molar-refractivity contribution in [3.8, 4) is 0 Å². The molecule has 3 heteroatoms. The van der Waals surface area contributed by atoms with Crippen molar-refractivity contribution in [2.45, 2.75) is 32.4 Å². The molecule has 0 bridgehead atoms. The fourth-order valence-electron chi connectivity index (χ4n) is 1.93. The second-order valence-electron chi connectivity index (χ2n) is 3.91. The number of carbonyl (C=O) groups excluding carboxylic acids is 1. The van der Waals surface area contributed by atoms with E-state index in [0.29, 0.717) is 12.5 Å². The highest BCUT2D eigenvalue weighted by Crippen LogP contribution is 2.16. The molecule has 0 radical (unpaired) electrons. The van der Waals surface area contributed by atoms with Crippen molar-refractivity contribution >= 4 is 5.91 Å². The second kappa shape index (κ2) is 4.45. The van der Waals surface area contributed by atoms with E-state index in [1.165, 1.54) is 5.56 Å². The SMILES string of the molecule is CC[C@H]1CC(=O)NN1Cc1ccccc1. The summed E-state index contributed by atoms with van der Waals surface area (Å²) in [7, 11) is 0. The molecule has 1 aromatic rings. The molecule has 0 aromatic heterocycles. The van der Waals surface area contributed by atoms with Gasteiger partial charge in [-0.25, -0.2) is 5.01 Å². The number of hydrazine groups is 1. The number of hydrogen-bond acceptors (Lipinski definition) is 2. The number of benzene rings is 1. The van der Waals surface area contributed by atoms with E-state index in [4.69, 9.17) is 0 Å². The third-order valence-corrected chi connectivity index (χ3v) is 2.80. The number of rotatable bonds is 3. The van der Waals surface area contributed by atoms with Crippen molar-refractivity contribution in [2.24, 2.45) is 0 Å². The van der Waals surface area contributed by atoms with Crippen LogP contribution in [0.2, 0.25) is 0 Å². The van der Waals surface area contributed by atoms with Gasteiger partial charge in [-0.2, -0.15) is 0 Å². The van der Waals surface area contributed by atoms with Gasteiger partial charge in [0.15, 0.2) is 0 Å². The summed E-state index contributed by atoms with van der Waals surface area (Å²) in [5.74, 6) is 0.137. The first-order chi connectivity index (χ1) is 7.29. The van der Waals surface area contributed by atoms with Gasteiger partial charge in [0, 0.05) is 19.0 Å². The smallest absolute Gasteiger partial charge is 0.235 e. The first-order valence-electron chi connectivity index (χ1n) is 5.39. The van der Waals surface area contributed by atoms with Crippen molar-refractivity contribution in [1.29, 1.82) is 0 Å². The van der Waals surface area contributed by atoms with Crippen LogP contribution in [0.4, 0.5) is 0 Å². The molecular weight excluding hydrogens is 188 g/mol. The Hall–Kier alpha value is -1.35. The van der Waals surface area contributed by atoms with Crippen molar-refractivity contribution < 1.29 is 4.79 Å². The molecule has 15 heavy (non-hydrogen) atoms. The van der Waals surface area contributed by atoms with Gasteiger partial charge in [-0.3, -0.25) is 10.2 Å². The van der Waals surface area contributed by atoms with Crippen molar-refractivity contribution in [1.82, 2.24) is 10.4 Å². The third-order valence-electron chi connectivity index (χ3n) is 2.80. The molecule has 1 heterocycles. The van der Waals surface area contributed by atoms with Crippen molar-refractivity contribution in [3.63, 3.8) is 0 Å². The lowest BCUT2D eigenvalue weighted by Crippen LogP contribution is -2.37. The van der Waals surface area contributed by atoms with Crippen LogP contribution in [-0.2, 0) is 11.3 Å². The molecule has 2 rings (SSSR count). The van der Waals surface area contributed by atoms with Gasteiger partial charge < -0.3 is 0 Å². The zero-order valence-electron chi connectivity index (χ0n) is 8.94. The first-order valence-corrected chi connectivity index (χ1v) is 5.39. The molecule has 1 fully saturated rings. The summed E-state index contributed by atoms with van der Waals surface area (Å²) in [6.07, 6.45) is 1.63. The van der Waals surface area contributed by atoms with E-state index in [2.05, 4.69) is 24.5 Å². The van der Waals surface area contributed by atoms with Crippen LogP contribution in [0.5, 0.6) is 0 Å². The molecule has 1 saturated heterocycles. The summed E-state index contributed by atoms with van der Waals surface area (Å²) in [6, 6.07) is 10.6. The fourth-order valence-corrected chi connectivity index (χ4v) is 1.93. The standard InChI is InChI=1S/C12H16N2O/c1-2-11-8-12(15)13-14(11)9-10-6-4-3-5-7-10/h3-7,11H,2,8-9H2,1H3,(H,13,15)/t11-/m0/s1. The highest BCUT2D eigenvalue weighted by atomic mass is 16.2. The summed E-state index contributed by atoms with van der Waals surface area (Å²) in [5, 5.41) is 2.04. The van der Waals surface area contributed by atoms with E-state index in [1.54, 1.807) is 0 Å². The number of nitrogens with zero attached hydrogens (tertiary/aromatic N) is 1. The Balaban J connectivity index is 2.03. The van der Waals surface area contributed by atoms with Gasteiger partial charge in [0.2, 0.25) is 5.91 Å². The maximum atomic E-state index is 11.3. The summed E-state index contributed by atoms with van der Waals surface area (Å²) in [4.78, 5) is 11.3. The van der Waals surface area contributed by atoms with E-state index >= 15 is 0 Å². The molecule has 0 unspecified atom stereocenters. The Morgan fingerprint density at radius 3 is 2.80 bits per heavy atom. The molecule has 0 spiro atoms. The highest BCUT2D eigenvalue weighted by molar-refractivity contribution is 5.78. The zero-order valence-corrected chi connectivity index (χ0v) is 8.94. The molecule has 1 aliphatic rings. The van der Waals surface area contributed by atoms with E-state index in [-0.39, 0.29) is 5.91 Å². The number of nitrogens with one attached hydrogen (secondary N) is 1. The minimum atomic E-state index is 0.137. The number of amides is 1. The lowest BCUT2D eigenvalue weighted by Gasteiger charge is -2.21. The lowest BCUT2D eigenvalue weighted by atomic mass is 10.1. The van der Waals surface area contributed by atoms with Crippen LogP contribution in [0.25, 0.3) is 0 Å². The molecule has 1 amide bonds. The Labute approximate surface area is 90.1 Å². The Morgan fingerprint density at radius 2 is 2.13 bits per heavy atom. The van der Waals surface area contributed by atoms with Gasteiger partial charge in [0.25, 0.3) is 0 Å². The fraction of sp³-hybridized carbons (Fsp3) is 0.417. The minimum Gasteiger partial charge on any atom is -0.288 e. The van der Waals surface area contributed by atoms with E-state index in [1.807, 2.05) is 23.2 Å². The average molecular weight is 204 g/mol. The van der Waals surface area contributed by atoms with Crippen LogP contribution < -0.4 is 5.43 Å². The molecule has 80 valence electrons. The predicted octanol–water partition coefficient (Wildman–Crippen LogP) is 1.70. The zero-order chi connectivity index (χ0) is 10.7. The summed E-state index contributed by atoms with van der Waals surface area (Å²) in [5.41, 5.74) is 4.13. The Morgan fingerprint density at radius 1 is 1.40 bits per heavy atom. The van der Waals surface area contributed by atoms with Gasteiger partial charge in [0.1, 0.15) is 0 Å². The molecule has 3 nitrogen and oxygen atoms in total. The van der Waals surface area contributed by atoms with Crippen LogP contribution in [-0.4, -0.2) is 17.0 Å². The first kappa shape index (κ1) is 10.2. The summed E-state index contributed by atoms with van der Waals surface area (Å²) >= 11 is 0. The molecule has 0 saturated carbocycles. The van der Waals surface area contributed by atoms with Crippen LogP contribution in [0.3, 0.4) is 0 Å². The van der Waals surface area contributed by atoms with E-state index in [9.17, 15) is 4.79 Å². The Kier molecular flexibility index (Phi) is 3.02. The van der Waals surface area contributed by atoms with Crippen LogP contribution in [0.15, 0.2) is 30.3 Å². The van der Waals surface area contributed by atoms with Gasteiger partial charge in [-0.05, 0) is 12.0 Å². The summed E-state index contributed by atoms with van der Waals surface area (Å²) < 4.78 is 0. The second-order valence-corrected chi connectivity index (χ2v) is 3.91. The van der Waals surface area contributed by atoms with Gasteiger partial charge in [0.05, 0.1) is 0 Å². The lowest BCUT2D eigenvalue weighted by molar-refractivity contribution is -0.121. The van der Waals surface area contributed by atoms with Crippen molar-refractivity contribution in [3.05, 3.63) is 35.9 Å². The maximum absolute atomic E-state index is 11.3. The number of carbonyl (C=O) groups is 1. The van der Waals surface area contributed by atoms with Crippen LogP contribution in [0.1, 0.15) is 25.3 Å². The quantitative estimate of drug-likeness (QED) is 0.812.